The van der Waals surface area contributed by atoms with E-state index in [2.05, 4.69) is 117 Å². The van der Waals surface area contributed by atoms with E-state index in [0.29, 0.717) is 0 Å². The number of allylic oxidation sites excluding steroid dienone is 2. The third kappa shape index (κ3) is 7.32. The molecule has 0 aliphatic carbocycles. The lowest BCUT2D eigenvalue weighted by molar-refractivity contribution is 1.01. The molecule has 0 saturated carbocycles. The average Bonchev–Trinajstić information content (AvgIpc) is 3.41. The Hall–Kier alpha value is -9.01. The van der Waals surface area contributed by atoms with Gasteiger partial charge in [0.25, 0.3) is 0 Å². The Morgan fingerprint density at radius 2 is 0.758 bits per heavy atom. The molecule has 0 amide bonds. The van der Waals surface area contributed by atoms with Crippen molar-refractivity contribution < 1.29 is 0 Å². The van der Waals surface area contributed by atoms with Crippen LogP contribution in [0.1, 0.15) is 17.2 Å². The zero-order chi connectivity index (χ0) is 43.8. The van der Waals surface area contributed by atoms with Crippen LogP contribution in [-0.4, -0.2) is 34.9 Å². The second kappa shape index (κ2) is 16.6. The van der Waals surface area contributed by atoms with Crippen molar-refractivity contribution in [2.24, 2.45) is 0 Å². The summed E-state index contributed by atoms with van der Waals surface area (Å²) in [6, 6.07) is 54.2. The normalized spacial score (nSPS) is 13.5. The fourth-order valence-corrected chi connectivity index (χ4v) is 8.76. The molecule has 11 aromatic rings. The summed E-state index contributed by atoms with van der Waals surface area (Å²) in [7, 11) is 0. The van der Waals surface area contributed by atoms with Crippen LogP contribution in [0.25, 0.3) is 111 Å². The molecule has 12 rings (SSSR count). The highest BCUT2D eigenvalue weighted by atomic mass is 14.9. The average molecular weight is 846 g/mol. The van der Waals surface area contributed by atoms with Crippen LogP contribution in [0.15, 0.2) is 219 Å². The maximum Gasteiger partial charge on any atom is 0.0886 e. The van der Waals surface area contributed by atoms with E-state index in [-0.39, 0.29) is 6.04 Å². The summed E-state index contributed by atoms with van der Waals surface area (Å²) in [5, 5.41) is 12.3. The lowest BCUT2D eigenvalue weighted by atomic mass is 9.90. The van der Waals surface area contributed by atoms with Crippen molar-refractivity contribution in [1.82, 2.24) is 34.9 Å². The summed E-state index contributed by atoms with van der Waals surface area (Å²) in [5.41, 5.74) is 14.1. The highest BCUT2D eigenvalue weighted by molar-refractivity contribution is 6.26. The number of aromatic nitrogens is 7. The topological polar surface area (TPSA) is 104 Å². The van der Waals surface area contributed by atoms with Crippen molar-refractivity contribution in [2.45, 2.75) is 6.04 Å². The van der Waals surface area contributed by atoms with Gasteiger partial charge in [0, 0.05) is 65.6 Å². The summed E-state index contributed by atoms with van der Waals surface area (Å²) in [5.74, 6) is 0. The van der Waals surface area contributed by atoms with Crippen LogP contribution < -0.4 is 0 Å². The lowest BCUT2D eigenvalue weighted by Crippen LogP contribution is -1.98. The molecular formula is C58H37N8-. The van der Waals surface area contributed by atoms with E-state index >= 15 is 0 Å². The zero-order valence-electron chi connectivity index (χ0n) is 35.4. The maximum atomic E-state index is 4.99. The quantitative estimate of drug-likeness (QED) is 0.140. The van der Waals surface area contributed by atoms with Crippen LogP contribution >= 0.6 is 0 Å². The first-order chi connectivity index (χ1) is 32.7. The number of fused-ring (bicyclic) bond motifs is 6. The minimum Gasteiger partial charge on any atom is -0.681 e. The standard InChI is InChI=1S/C58H37N8/c1-2-8-46-45(7-1)47-19-11-37(39-13-21-51(61-31-39)41-15-23-53(63-33-41)43-17-25-57(65-35-43)55-9-3-5-27-59-55)29-49(47)50-30-38(12-20-48(46)50)40-14-22-52(62-32-40)42-16-24-54(64-34-42)44-18-26-58(66-36-44)56-10-4-6-28-60-56/h1-36,51H/q-1. The van der Waals surface area contributed by atoms with E-state index < -0.39 is 0 Å². The minimum absolute atomic E-state index is 0.123. The first kappa shape index (κ1) is 38.6. The summed E-state index contributed by atoms with van der Waals surface area (Å²) >= 11 is 0. The van der Waals surface area contributed by atoms with E-state index in [1.54, 1.807) is 12.4 Å². The fourth-order valence-electron chi connectivity index (χ4n) is 8.76. The van der Waals surface area contributed by atoms with Crippen molar-refractivity contribution >= 4 is 37.9 Å². The Bertz CT molecular complexity index is 3610. The molecule has 0 fully saturated rings. The van der Waals surface area contributed by atoms with Crippen molar-refractivity contribution in [3.8, 4) is 67.7 Å². The highest BCUT2D eigenvalue weighted by Crippen LogP contribution is 2.40. The molecule has 1 aliphatic rings. The zero-order valence-corrected chi connectivity index (χ0v) is 35.4. The molecule has 0 radical (unpaired) electrons. The number of hydrogen-bond acceptors (Lipinski definition) is 7. The summed E-state index contributed by atoms with van der Waals surface area (Å²) in [4.78, 5) is 32.5. The smallest absolute Gasteiger partial charge is 0.0886 e. The first-order valence-corrected chi connectivity index (χ1v) is 21.8. The molecule has 8 heteroatoms. The molecule has 1 atom stereocenters. The van der Waals surface area contributed by atoms with Gasteiger partial charge >= 0.3 is 0 Å². The number of nitrogens with zero attached hydrogens (tertiary/aromatic N) is 8. The second-order valence-electron chi connectivity index (χ2n) is 16.2. The molecule has 66 heavy (non-hydrogen) atoms. The predicted molar refractivity (Wildman–Crippen MR) is 266 cm³/mol. The van der Waals surface area contributed by atoms with E-state index in [1.165, 1.54) is 32.3 Å². The van der Waals surface area contributed by atoms with Gasteiger partial charge in [0.1, 0.15) is 0 Å². The third-order valence-electron chi connectivity index (χ3n) is 12.3. The van der Waals surface area contributed by atoms with Gasteiger partial charge in [0.05, 0.1) is 39.9 Å². The Kier molecular flexibility index (Phi) is 9.72. The molecule has 0 spiro atoms. The van der Waals surface area contributed by atoms with Crippen LogP contribution in [0.4, 0.5) is 0 Å². The monoisotopic (exact) mass is 845 g/mol. The van der Waals surface area contributed by atoms with Gasteiger partial charge in [-0.05, 0) is 140 Å². The van der Waals surface area contributed by atoms with E-state index in [4.69, 9.17) is 20.3 Å². The predicted octanol–water partition coefficient (Wildman–Crippen LogP) is 13.9. The lowest BCUT2D eigenvalue weighted by Gasteiger charge is -2.31. The molecular weight excluding hydrogens is 809 g/mol. The van der Waals surface area contributed by atoms with Gasteiger partial charge in [-0.25, -0.2) is 0 Å². The van der Waals surface area contributed by atoms with Crippen LogP contribution in [0.2, 0.25) is 0 Å². The summed E-state index contributed by atoms with van der Waals surface area (Å²) in [6.07, 6.45) is 19.3. The fraction of sp³-hybridized carbons (Fsp3) is 0.0172. The summed E-state index contributed by atoms with van der Waals surface area (Å²) in [6.45, 7) is 0. The van der Waals surface area contributed by atoms with Gasteiger partial charge in [0.2, 0.25) is 0 Å². The van der Waals surface area contributed by atoms with Crippen LogP contribution in [-0.2, 0) is 0 Å². The van der Waals surface area contributed by atoms with Gasteiger partial charge in [-0.2, -0.15) is 6.20 Å². The molecule has 0 saturated heterocycles. The van der Waals surface area contributed by atoms with E-state index in [9.17, 15) is 0 Å². The second-order valence-corrected chi connectivity index (χ2v) is 16.2. The molecule has 0 bridgehead atoms. The SMILES string of the molecule is C1=CC(c2ccc(-c3ccc(-c4ccccn4)nc3)nc2)[N-]C=C1c1ccc2c3ccccc3c3ccc(-c4ccc(-c5ccc(-c6ccc(-c7ccccn7)nc6)nc5)nc4)cc3c2c1. The third-order valence-corrected chi connectivity index (χ3v) is 12.3. The van der Waals surface area contributed by atoms with Crippen molar-refractivity contribution in [1.29, 1.82) is 0 Å². The highest BCUT2D eigenvalue weighted by Gasteiger charge is 2.14. The van der Waals surface area contributed by atoms with Gasteiger partial charge in [0.15, 0.2) is 0 Å². The number of pyridine rings is 7. The molecule has 4 aromatic carbocycles. The van der Waals surface area contributed by atoms with Gasteiger partial charge in [-0.15, -0.1) is 0 Å². The Morgan fingerprint density at radius 3 is 1.23 bits per heavy atom. The largest absolute Gasteiger partial charge is 0.681 e. The van der Waals surface area contributed by atoms with E-state index in [0.717, 1.165) is 84.4 Å². The van der Waals surface area contributed by atoms with Crippen molar-refractivity contribution in [3.05, 3.63) is 236 Å². The molecule has 8 heterocycles. The van der Waals surface area contributed by atoms with Crippen LogP contribution in [0.3, 0.4) is 0 Å². The Morgan fingerprint density at radius 1 is 0.318 bits per heavy atom. The molecule has 0 N–H and O–H groups in total. The van der Waals surface area contributed by atoms with Crippen molar-refractivity contribution in [3.63, 3.8) is 0 Å². The van der Waals surface area contributed by atoms with Gasteiger partial charge in [-0.3, -0.25) is 34.9 Å². The number of hydrogen-bond donors (Lipinski definition) is 0. The van der Waals surface area contributed by atoms with E-state index in [1.807, 2.05) is 110 Å². The maximum absolute atomic E-state index is 4.99. The first-order valence-electron chi connectivity index (χ1n) is 21.8. The van der Waals surface area contributed by atoms with Gasteiger partial charge < -0.3 is 5.32 Å². The van der Waals surface area contributed by atoms with Crippen molar-refractivity contribution in [2.75, 3.05) is 0 Å². The number of rotatable bonds is 8. The molecule has 8 nitrogen and oxygen atoms in total. The molecule has 310 valence electrons. The summed E-state index contributed by atoms with van der Waals surface area (Å²) < 4.78 is 0. The van der Waals surface area contributed by atoms with Crippen LogP contribution in [0, 0.1) is 0 Å². The number of benzene rings is 4. The van der Waals surface area contributed by atoms with Crippen LogP contribution in [0.5, 0.6) is 0 Å². The minimum atomic E-state index is -0.123. The molecule has 1 unspecified atom stereocenters. The Balaban J connectivity index is 0.790. The Labute approximate surface area is 380 Å². The van der Waals surface area contributed by atoms with Gasteiger partial charge in [-0.1, -0.05) is 91.0 Å². The molecule has 7 aromatic heterocycles. The molecule has 1 aliphatic heterocycles.